The normalized spacial score (nSPS) is 11.1. The number of carbonyl (C=O) groups is 2. The number of benzene rings is 2. The van der Waals surface area contributed by atoms with Gasteiger partial charge in [-0.2, -0.15) is 17.6 Å². The van der Waals surface area contributed by atoms with Gasteiger partial charge in [-0.25, -0.2) is 4.98 Å². The van der Waals surface area contributed by atoms with Crippen molar-refractivity contribution in [2.75, 3.05) is 17.3 Å². The molecule has 10 nitrogen and oxygen atoms in total. The van der Waals surface area contributed by atoms with E-state index in [0.717, 1.165) is 14.7 Å². The summed E-state index contributed by atoms with van der Waals surface area (Å²) in [5.41, 5.74) is 0.692. The molecule has 0 aliphatic rings. The topological polar surface area (TPSA) is 122 Å². The number of nitrogens with zero attached hydrogens (tertiary/aromatic N) is 6. The van der Waals surface area contributed by atoms with Crippen LogP contribution in [0.4, 0.5) is 28.9 Å². The Labute approximate surface area is 301 Å². The van der Waals surface area contributed by atoms with E-state index in [4.69, 9.17) is 0 Å². The molecule has 262 valence electrons. The van der Waals surface area contributed by atoms with E-state index in [1.807, 2.05) is 42.8 Å². The SMILES string of the molecule is CC.CN(C(=O)C(F)(F)Sc1nnc(-c2cccs2)n1C)c1ccccc1.O=C(Nc1ccccc1)C(F)(F)Sc1n[nH]c(-c2cccs2)n1. The first-order chi connectivity index (χ1) is 23.9. The maximum atomic E-state index is 14.5. The van der Waals surface area contributed by atoms with E-state index in [1.54, 1.807) is 61.6 Å². The second kappa shape index (κ2) is 17.4. The predicted molar refractivity (Wildman–Crippen MR) is 192 cm³/mol. The van der Waals surface area contributed by atoms with Crippen LogP contribution in [-0.2, 0) is 16.6 Å². The number of aromatic nitrogens is 6. The van der Waals surface area contributed by atoms with Crippen LogP contribution in [0.25, 0.3) is 21.4 Å². The molecule has 2 N–H and O–H groups in total. The van der Waals surface area contributed by atoms with Gasteiger partial charge in [-0.15, -0.1) is 38.0 Å². The van der Waals surface area contributed by atoms with Crippen molar-refractivity contribution in [3.05, 3.63) is 95.7 Å². The Hall–Kier alpha value is -4.52. The zero-order chi connectivity index (χ0) is 36.3. The lowest BCUT2D eigenvalue weighted by Crippen LogP contribution is -2.39. The number of halogens is 4. The number of amides is 2. The lowest BCUT2D eigenvalue weighted by Gasteiger charge is -2.22. The quantitative estimate of drug-likeness (QED) is 0.105. The summed E-state index contributed by atoms with van der Waals surface area (Å²) in [5, 5.41) is 12.3. The molecule has 4 heterocycles. The molecule has 0 fully saturated rings. The van der Waals surface area contributed by atoms with Crippen molar-refractivity contribution >= 4 is 69.4 Å². The average Bonchev–Trinajstić information content (AvgIpc) is 3.96. The van der Waals surface area contributed by atoms with Gasteiger partial charge >= 0.3 is 22.3 Å². The smallest absolute Gasteiger partial charge is 0.320 e. The number of H-pyrrole nitrogens is 1. The second-order valence-corrected chi connectivity index (χ2v) is 13.6. The molecule has 0 saturated carbocycles. The van der Waals surface area contributed by atoms with Crippen LogP contribution in [0.2, 0.25) is 0 Å². The van der Waals surface area contributed by atoms with E-state index in [9.17, 15) is 27.2 Å². The predicted octanol–water partition coefficient (Wildman–Crippen LogP) is 8.77. The molecule has 2 amide bonds. The van der Waals surface area contributed by atoms with E-state index in [1.165, 1.54) is 46.4 Å². The van der Waals surface area contributed by atoms with Gasteiger partial charge in [0, 0.05) is 37.2 Å². The molecular formula is C32H30F4N8O2S4. The highest BCUT2D eigenvalue weighted by atomic mass is 32.2. The van der Waals surface area contributed by atoms with Crippen LogP contribution in [0.5, 0.6) is 0 Å². The van der Waals surface area contributed by atoms with E-state index >= 15 is 0 Å². The highest BCUT2D eigenvalue weighted by Gasteiger charge is 2.45. The Balaban J connectivity index is 0.000000215. The molecule has 6 aromatic rings. The second-order valence-electron chi connectivity index (χ2n) is 9.54. The van der Waals surface area contributed by atoms with E-state index in [2.05, 4.69) is 30.7 Å². The summed E-state index contributed by atoms with van der Waals surface area (Å²) < 4.78 is 58.4. The number of hydrogen-bond donors (Lipinski definition) is 2. The fraction of sp³-hybridized carbons (Fsp3) is 0.188. The summed E-state index contributed by atoms with van der Waals surface area (Å²) >= 11 is 2.93. The molecular weight excluding hydrogens is 733 g/mol. The number of aromatic amines is 1. The number of carbonyl (C=O) groups excluding carboxylic acids is 2. The highest BCUT2D eigenvalue weighted by molar-refractivity contribution is 8.01. The van der Waals surface area contributed by atoms with Crippen LogP contribution in [0.3, 0.4) is 0 Å². The zero-order valence-electron chi connectivity index (χ0n) is 26.9. The van der Waals surface area contributed by atoms with Crippen molar-refractivity contribution in [2.45, 2.75) is 34.7 Å². The third kappa shape index (κ3) is 9.80. The lowest BCUT2D eigenvalue weighted by atomic mass is 10.3. The van der Waals surface area contributed by atoms with Gasteiger partial charge in [0.1, 0.15) is 0 Å². The number of anilines is 2. The van der Waals surface area contributed by atoms with Crippen LogP contribution in [0.1, 0.15) is 13.8 Å². The maximum absolute atomic E-state index is 14.5. The van der Waals surface area contributed by atoms with Crippen molar-refractivity contribution in [2.24, 2.45) is 7.05 Å². The number of rotatable bonds is 10. The van der Waals surface area contributed by atoms with Crippen molar-refractivity contribution in [3.8, 4) is 21.4 Å². The van der Waals surface area contributed by atoms with Gasteiger partial charge in [-0.1, -0.05) is 62.4 Å². The van der Waals surface area contributed by atoms with Crippen molar-refractivity contribution < 1.29 is 27.2 Å². The first-order valence-electron chi connectivity index (χ1n) is 14.7. The molecule has 6 rings (SSSR count). The molecule has 0 aliphatic heterocycles. The average molecular weight is 763 g/mol. The molecule has 2 aromatic carbocycles. The Bertz CT molecular complexity index is 1940. The molecule has 4 aromatic heterocycles. The van der Waals surface area contributed by atoms with Crippen LogP contribution in [0.15, 0.2) is 106 Å². The minimum Gasteiger partial charge on any atom is -0.320 e. The molecule has 50 heavy (non-hydrogen) atoms. The van der Waals surface area contributed by atoms with Crippen LogP contribution < -0.4 is 10.2 Å². The van der Waals surface area contributed by atoms with Gasteiger partial charge in [-0.05, 0) is 58.9 Å². The highest BCUT2D eigenvalue weighted by Crippen LogP contribution is 2.39. The Morgan fingerprint density at radius 1 is 0.820 bits per heavy atom. The molecule has 0 aliphatic carbocycles. The summed E-state index contributed by atoms with van der Waals surface area (Å²) in [6.45, 7) is 4.00. The fourth-order valence-corrected chi connectivity index (χ4v) is 6.62. The summed E-state index contributed by atoms with van der Waals surface area (Å²) in [5.74, 6) is -1.86. The molecule has 0 saturated heterocycles. The number of thiophene rings is 2. The number of hydrogen-bond acceptors (Lipinski definition) is 10. The molecule has 0 unspecified atom stereocenters. The van der Waals surface area contributed by atoms with Gasteiger partial charge in [0.05, 0.1) is 9.75 Å². The summed E-state index contributed by atoms with van der Waals surface area (Å²) in [6.07, 6.45) is 0. The van der Waals surface area contributed by atoms with E-state index < -0.39 is 22.3 Å². The lowest BCUT2D eigenvalue weighted by molar-refractivity contribution is -0.131. The number of para-hydroxylation sites is 2. The minimum absolute atomic E-state index is 0.00288. The van der Waals surface area contributed by atoms with Gasteiger partial charge in [0.25, 0.3) is 0 Å². The molecule has 0 atom stereocenters. The van der Waals surface area contributed by atoms with E-state index in [0.29, 0.717) is 23.0 Å². The van der Waals surface area contributed by atoms with Crippen molar-refractivity contribution in [1.29, 1.82) is 0 Å². The third-order valence-electron chi connectivity index (χ3n) is 6.23. The molecule has 0 bridgehead atoms. The standard InChI is InChI=1S/C16H14F2N4OS2.C14H10F2N4OS2.C2H6/c1-21(11-7-4-3-5-8-11)14(23)16(17,18)25-15-20-19-13(22(15)2)12-9-6-10-24-12;15-14(16,12(21)17-9-5-2-1-3-6-9)23-13-18-11(19-20-13)10-7-4-8-22-10;1-2/h3-10H,1-2H3;1-8H,(H,17,21)(H,18,19,20);1-2H3. The van der Waals surface area contributed by atoms with Gasteiger partial charge in [0.15, 0.2) is 16.8 Å². The third-order valence-corrected chi connectivity index (χ3v) is 9.75. The first-order valence-corrected chi connectivity index (χ1v) is 18.1. The fourth-order valence-electron chi connectivity index (χ4n) is 3.85. The van der Waals surface area contributed by atoms with Crippen LogP contribution >= 0.6 is 46.2 Å². The van der Waals surface area contributed by atoms with Crippen molar-refractivity contribution in [3.63, 3.8) is 0 Å². The van der Waals surface area contributed by atoms with Gasteiger partial charge in [-0.3, -0.25) is 14.7 Å². The first kappa shape index (κ1) is 38.3. The molecule has 0 spiro atoms. The number of thioether (sulfide) groups is 2. The van der Waals surface area contributed by atoms with Crippen molar-refractivity contribution in [1.82, 2.24) is 29.9 Å². The Morgan fingerprint density at radius 2 is 1.42 bits per heavy atom. The summed E-state index contributed by atoms with van der Waals surface area (Å²) in [7, 11) is 2.92. The zero-order valence-corrected chi connectivity index (χ0v) is 30.1. The summed E-state index contributed by atoms with van der Waals surface area (Å²) in [6, 6.07) is 23.6. The van der Waals surface area contributed by atoms with Gasteiger partial charge < -0.3 is 14.8 Å². The summed E-state index contributed by atoms with van der Waals surface area (Å²) in [4.78, 5) is 30.4. The Kier molecular flexibility index (Phi) is 13.3. The monoisotopic (exact) mass is 762 g/mol. The van der Waals surface area contributed by atoms with Gasteiger partial charge in [0.2, 0.25) is 5.16 Å². The largest absolute Gasteiger partial charge is 0.378 e. The minimum atomic E-state index is -3.69. The number of alkyl halides is 4. The number of nitrogens with one attached hydrogen (secondary N) is 2. The maximum Gasteiger partial charge on any atom is 0.378 e. The Morgan fingerprint density at radius 3 is 2.02 bits per heavy atom. The molecule has 18 heteroatoms. The molecule has 0 radical (unpaired) electrons. The van der Waals surface area contributed by atoms with E-state index in [-0.39, 0.29) is 33.8 Å². The van der Waals surface area contributed by atoms with Crippen LogP contribution in [0, 0.1) is 0 Å². The van der Waals surface area contributed by atoms with Crippen LogP contribution in [-0.4, -0.2) is 59.3 Å².